The largest absolute Gasteiger partial charge is 0.324 e. The van der Waals surface area contributed by atoms with Crippen molar-refractivity contribution in [3.8, 4) is 0 Å². The van der Waals surface area contributed by atoms with Crippen LogP contribution in [0.25, 0.3) is 0 Å². The smallest absolute Gasteiger partial charge is 0.240 e. The summed E-state index contributed by atoms with van der Waals surface area (Å²) in [4.78, 5) is 0. The first kappa shape index (κ1) is 11.8. The van der Waals surface area contributed by atoms with Crippen molar-refractivity contribution in [3.63, 3.8) is 0 Å². The van der Waals surface area contributed by atoms with Crippen molar-refractivity contribution in [2.45, 2.75) is 18.9 Å². The van der Waals surface area contributed by atoms with Gasteiger partial charge in [0.15, 0.2) is 0 Å². The zero-order chi connectivity index (χ0) is 8.27. The molecule has 1 rings (SSSR count). The van der Waals surface area contributed by atoms with Crippen molar-refractivity contribution in [2.75, 3.05) is 0 Å². The van der Waals surface area contributed by atoms with Crippen LogP contribution in [0.2, 0.25) is 0 Å². The Bertz CT molecular complexity index is 203. The van der Waals surface area contributed by atoms with Crippen molar-refractivity contribution in [3.05, 3.63) is 22.4 Å². The molecule has 2 N–H and O–H groups in total. The summed E-state index contributed by atoms with van der Waals surface area (Å²) >= 11 is 1.47. The van der Waals surface area contributed by atoms with Gasteiger partial charge < -0.3 is 5.73 Å². The predicted octanol–water partition coefficient (Wildman–Crippen LogP) is 2.82. The molecule has 1 aromatic rings. The molecular formula is C7H10ClF2NS. The van der Waals surface area contributed by atoms with Crippen LogP contribution < -0.4 is 5.73 Å². The summed E-state index contributed by atoms with van der Waals surface area (Å²) < 4.78 is 23.6. The van der Waals surface area contributed by atoms with Gasteiger partial charge in [-0.1, -0.05) is 0 Å². The third-order valence-electron chi connectivity index (χ3n) is 1.40. The van der Waals surface area contributed by atoms with Crippen molar-refractivity contribution >= 4 is 23.7 Å². The summed E-state index contributed by atoms with van der Waals surface area (Å²) in [5.41, 5.74) is 6.27. The lowest BCUT2D eigenvalue weighted by molar-refractivity contribution is 0.128. The fourth-order valence-corrected chi connectivity index (χ4v) is 1.54. The second-order valence-corrected chi connectivity index (χ2v) is 3.07. The van der Waals surface area contributed by atoms with Crippen LogP contribution in [0.5, 0.6) is 0 Å². The van der Waals surface area contributed by atoms with Crippen LogP contribution in [-0.2, 0) is 0 Å². The molecule has 0 spiro atoms. The average Bonchev–Trinajstić information content (AvgIpc) is 2.35. The maximum atomic E-state index is 11.8. The van der Waals surface area contributed by atoms with E-state index >= 15 is 0 Å². The molecule has 0 aliphatic carbocycles. The minimum atomic E-state index is -2.31. The van der Waals surface area contributed by atoms with E-state index in [2.05, 4.69) is 0 Å². The molecule has 0 aromatic carbocycles. The minimum Gasteiger partial charge on any atom is -0.324 e. The Morgan fingerprint density at radius 1 is 1.50 bits per heavy atom. The van der Waals surface area contributed by atoms with Crippen molar-refractivity contribution in [1.82, 2.24) is 0 Å². The van der Waals surface area contributed by atoms with Gasteiger partial charge in [-0.2, -0.15) is 11.3 Å². The van der Waals surface area contributed by atoms with Gasteiger partial charge in [0, 0.05) is 12.5 Å². The third kappa shape index (κ3) is 3.47. The highest BCUT2D eigenvalue weighted by atomic mass is 35.5. The van der Waals surface area contributed by atoms with E-state index in [1.807, 2.05) is 5.38 Å². The van der Waals surface area contributed by atoms with Crippen molar-refractivity contribution in [2.24, 2.45) is 5.73 Å². The Kier molecular flexibility index (Phi) is 5.37. The standard InChI is InChI=1S/C7H9F2NS.ClH/c8-7(9)3-6(10)5-1-2-11-4-5;/h1-2,4,6-7H,3,10H2;1H/t6-;/m1./s1. The first-order valence-electron chi connectivity index (χ1n) is 3.26. The third-order valence-corrected chi connectivity index (χ3v) is 2.10. The number of hydrogen-bond acceptors (Lipinski definition) is 2. The van der Waals surface area contributed by atoms with Gasteiger partial charge in [-0.25, -0.2) is 8.78 Å². The summed E-state index contributed by atoms with van der Waals surface area (Å²) in [6.07, 6.45) is -2.57. The highest BCUT2D eigenvalue weighted by Crippen LogP contribution is 2.19. The molecule has 1 aromatic heterocycles. The molecular weight excluding hydrogens is 204 g/mol. The highest BCUT2D eigenvalue weighted by molar-refractivity contribution is 7.07. The highest BCUT2D eigenvalue weighted by Gasteiger charge is 2.12. The maximum Gasteiger partial charge on any atom is 0.240 e. The maximum absolute atomic E-state index is 11.8. The SMILES string of the molecule is Cl.N[C@H](CC(F)F)c1ccsc1. The molecule has 1 heterocycles. The van der Waals surface area contributed by atoms with Crippen molar-refractivity contribution < 1.29 is 8.78 Å². The molecule has 0 amide bonds. The zero-order valence-electron chi connectivity index (χ0n) is 6.24. The first-order chi connectivity index (χ1) is 5.20. The summed E-state index contributed by atoms with van der Waals surface area (Å²) in [5.74, 6) is 0. The Labute approximate surface area is 80.0 Å². The summed E-state index contributed by atoms with van der Waals surface area (Å²) in [6, 6.07) is 1.26. The second kappa shape index (κ2) is 5.45. The molecule has 0 radical (unpaired) electrons. The van der Waals surface area contributed by atoms with Gasteiger partial charge in [0.05, 0.1) is 0 Å². The molecule has 70 valence electrons. The quantitative estimate of drug-likeness (QED) is 0.821. The van der Waals surface area contributed by atoms with Crippen LogP contribution >= 0.6 is 23.7 Å². The van der Waals surface area contributed by atoms with Gasteiger partial charge in [0.1, 0.15) is 0 Å². The summed E-state index contributed by atoms with van der Waals surface area (Å²) in [5, 5.41) is 3.63. The monoisotopic (exact) mass is 213 g/mol. The molecule has 0 unspecified atom stereocenters. The molecule has 0 fully saturated rings. The van der Waals surface area contributed by atoms with Gasteiger partial charge in [0.25, 0.3) is 0 Å². The Morgan fingerprint density at radius 3 is 2.58 bits per heavy atom. The molecule has 1 nitrogen and oxygen atoms in total. The summed E-state index contributed by atoms with van der Waals surface area (Å²) in [7, 11) is 0. The normalized spacial score (nSPS) is 12.7. The van der Waals surface area contributed by atoms with E-state index < -0.39 is 12.5 Å². The number of hydrogen-bond donors (Lipinski definition) is 1. The fraction of sp³-hybridized carbons (Fsp3) is 0.429. The second-order valence-electron chi connectivity index (χ2n) is 2.29. The van der Waals surface area contributed by atoms with Crippen LogP contribution in [0.1, 0.15) is 18.0 Å². The van der Waals surface area contributed by atoms with Gasteiger partial charge in [-0.15, -0.1) is 12.4 Å². The van der Waals surface area contributed by atoms with E-state index in [9.17, 15) is 8.78 Å². The lowest BCUT2D eigenvalue weighted by Gasteiger charge is -2.07. The zero-order valence-corrected chi connectivity index (χ0v) is 7.88. The number of nitrogens with two attached hydrogens (primary N) is 1. The van der Waals surface area contributed by atoms with E-state index in [4.69, 9.17) is 5.73 Å². The molecule has 1 atom stereocenters. The van der Waals surface area contributed by atoms with Crippen LogP contribution in [0.3, 0.4) is 0 Å². The molecule has 0 bridgehead atoms. The Balaban J connectivity index is 0.00000121. The average molecular weight is 214 g/mol. The molecule has 0 aliphatic rings. The van der Waals surface area contributed by atoms with Gasteiger partial charge in [-0.05, 0) is 22.4 Å². The molecule has 0 saturated carbocycles. The van der Waals surface area contributed by atoms with E-state index in [0.717, 1.165) is 5.56 Å². The number of thiophene rings is 1. The fourth-order valence-electron chi connectivity index (χ4n) is 0.814. The molecule has 12 heavy (non-hydrogen) atoms. The molecule has 0 saturated heterocycles. The predicted molar refractivity (Wildman–Crippen MR) is 49.1 cm³/mol. The van der Waals surface area contributed by atoms with Gasteiger partial charge in [-0.3, -0.25) is 0 Å². The van der Waals surface area contributed by atoms with E-state index in [-0.39, 0.29) is 18.8 Å². The number of rotatable bonds is 3. The molecule has 5 heteroatoms. The lowest BCUT2D eigenvalue weighted by atomic mass is 10.1. The van der Waals surface area contributed by atoms with E-state index in [0.29, 0.717) is 0 Å². The van der Waals surface area contributed by atoms with Gasteiger partial charge in [0.2, 0.25) is 6.43 Å². The number of alkyl halides is 2. The topological polar surface area (TPSA) is 26.0 Å². The summed E-state index contributed by atoms with van der Waals surface area (Å²) in [6.45, 7) is 0. The minimum absolute atomic E-state index is 0. The van der Waals surface area contributed by atoms with Crippen molar-refractivity contribution in [1.29, 1.82) is 0 Å². The van der Waals surface area contributed by atoms with Crippen LogP contribution in [-0.4, -0.2) is 6.43 Å². The Morgan fingerprint density at radius 2 is 2.17 bits per heavy atom. The van der Waals surface area contributed by atoms with E-state index in [1.54, 1.807) is 11.4 Å². The lowest BCUT2D eigenvalue weighted by Crippen LogP contribution is -2.12. The van der Waals surface area contributed by atoms with Crippen LogP contribution in [0.4, 0.5) is 8.78 Å². The van der Waals surface area contributed by atoms with Crippen LogP contribution in [0.15, 0.2) is 16.8 Å². The Hall–Kier alpha value is -0.190. The van der Waals surface area contributed by atoms with Crippen LogP contribution in [0, 0.1) is 0 Å². The van der Waals surface area contributed by atoms with Gasteiger partial charge >= 0.3 is 0 Å². The molecule has 0 aliphatic heterocycles. The van der Waals surface area contributed by atoms with E-state index in [1.165, 1.54) is 11.3 Å². The number of halogens is 3. The first-order valence-corrected chi connectivity index (χ1v) is 4.20.